The number of aromatic nitrogens is 1. The molecule has 0 unspecified atom stereocenters. The highest BCUT2D eigenvalue weighted by Gasteiger charge is 2.20. The van der Waals surface area contributed by atoms with Crippen molar-refractivity contribution in [1.29, 1.82) is 0 Å². The number of hydrogen-bond acceptors (Lipinski definition) is 3. The Hall–Kier alpha value is -0.600. The normalized spacial score (nSPS) is 12.1. The van der Waals surface area contributed by atoms with Gasteiger partial charge in [-0.1, -0.05) is 0 Å². The Morgan fingerprint density at radius 2 is 2.07 bits per heavy atom. The SMILES string of the molecule is Cc1nc(Br)c(S(N)(=O)=O)cc1C(F)F. The number of halogens is 3. The van der Waals surface area contributed by atoms with Crippen LogP contribution in [0.15, 0.2) is 15.6 Å². The van der Waals surface area contributed by atoms with Crippen LogP contribution in [0.4, 0.5) is 8.78 Å². The van der Waals surface area contributed by atoms with Gasteiger partial charge in [-0.2, -0.15) is 0 Å². The molecule has 8 heteroatoms. The summed E-state index contributed by atoms with van der Waals surface area (Å²) in [6.07, 6.45) is -2.79. The first kappa shape index (κ1) is 12.5. The number of hydrogen-bond donors (Lipinski definition) is 1. The van der Waals surface area contributed by atoms with E-state index in [2.05, 4.69) is 20.9 Å². The molecular weight excluding hydrogens is 294 g/mol. The predicted octanol–water partition coefficient (Wildman–Crippen LogP) is 1.74. The van der Waals surface area contributed by atoms with Crippen LogP contribution in [-0.4, -0.2) is 13.4 Å². The fourth-order valence-corrected chi connectivity index (χ4v) is 2.62. The molecule has 84 valence electrons. The second-order valence-corrected chi connectivity index (χ2v) is 5.08. The molecule has 4 nitrogen and oxygen atoms in total. The Balaban J connectivity index is 3.50. The van der Waals surface area contributed by atoms with Crippen molar-refractivity contribution in [3.8, 4) is 0 Å². The zero-order chi connectivity index (χ0) is 11.8. The van der Waals surface area contributed by atoms with E-state index in [1.54, 1.807) is 0 Å². The summed E-state index contributed by atoms with van der Waals surface area (Å²) in [6.45, 7) is 1.36. The number of pyridine rings is 1. The Morgan fingerprint density at radius 3 is 2.47 bits per heavy atom. The third-order valence-corrected chi connectivity index (χ3v) is 3.51. The van der Waals surface area contributed by atoms with Crippen LogP contribution < -0.4 is 5.14 Å². The first-order valence-electron chi connectivity index (χ1n) is 3.71. The van der Waals surface area contributed by atoms with Gasteiger partial charge >= 0.3 is 0 Å². The zero-order valence-corrected chi connectivity index (χ0v) is 9.94. The maximum Gasteiger partial charge on any atom is 0.265 e. The topological polar surface area (TPSA) is 73.0 Å². The van der Waals surface area contributed by atoms with Crippen LogP contribution in [-0.2, 0) is 10.0 Å². The summed E-state index contributed by atoms with van der Waals surface area (Å²) in [4.78, 5) is 3.20. The summed E-state index contributed by atoms with van der Waals surface area (Å²) < 4.78 is 46.8. The van der Waals surface area contributed by atoms with E-state index in [1.807, 2.05) is 0 Å². The Kier molecular flexibility index (Phi) is 3.41. The molecule has 0 bridgehead atoms. The molecule has 0 saturated carbocycles. The molecule has 1 heterocycles. The Labute approximate surface area is 93.7 Å². The van der Waals surface area contributed by atoms with Crippen molar-refractivity contribution in [3.63, 3.8) is 0 Å². The third kappa shape index (κ3) is 2.70. The highest BCUT2D eigenvalue weighted by Crippen LogP contribution is 2.27. The summed E-state index contributed by atoms with van der Waals surface area (Å²) in [7, 11) is -4.05. The molecule has 0 aliphatic rings. The molecule has 0 radical (unpaired) electrons. The van der Waals surface area contributed by atoms with Gasteiger partial charge in [-0.25, -0.2) is 27.3 Å². The van der Waals surface area contributed by atoms with Crippen molar-refractivity contribution >= 4 is 26.0 Å². The van der Waals surface area contributed by atoms with E-state index >= 15 is 0 Å². The van der Waals surface area contributed by atoms with Crippen LogP contribution in [0.2, 0.25) is 0 Å². The van der Waals surface area contributed by atoms with Gasteiger partial charge in [-0.15, -0.1) is 0 Å². The van der Waals surface area contributed by atoms with Crippen LogP contribution in [0, 0.1) is 6.92 Å². The lowest BCUT2D eigenvalue weighted by Gasteiger charge is -2.07. The Morgan fingerprint density at radius 1 is 1.53 bits per heavy atom. The fraction of sp³-hybridized carbons (Fsp3) is 0.286. The molecule has 0 aromatic carbocycles. The summed E-state index contributed by atoms with van der Waals surface area (Å²) >= 11 is 2.85. The van der Waals surface area contributed by atoms with Gasteiger partial charge in [0.25, 0.3) is 6.43 Å². The monoisotopic (exact) mass is 300 g/mol. The van der Waals surface area contributed by atoms with Gasteiger partial charge in [0.15, 0.2) is 0 Å². The first-order chi connectivity index (χ1) is 6.73. The van der Waals surface area contributed by atoms with Crippen molar-refractivity contribution < 1.29 is 17.2 Å². The van der Waals surface area contributed by atoms with Crippen LogP contribution in [0.3, 0.4) is 0 Å². The number of aryl methyl sites for hydroxylation is 1. The minimum atomic E-state index is -4.05. The van der Waals surface area contributed by atoms with Crippen molar-refractivity contribution in [1.82, 2.24) is 4.98 Å². The molecule has 0 aliphatic carbocycles. The van der Waals surface area contributed by atoms with E-state index in [-0.39, 0.29) is 10.3 Å². The van der Waals surface area contributed by atoms with E-state index in [0.29, 0.717) is 0 Å². The maximum atomic E-state index is 12.4. The average Bonchev–Trinajstić information content (AvgIpc) is 2.00. The number of alkyl halides is 2. The van der Waals surface area contributed by atoms with E-state index in [1.165, 1.54) is 6.92 Å². The van der Waals surface area contributed by atoms with Crippen molar-refractivity contribution in [2.24, 2.45) is 5.14 Å². The third-order valence-electron chi connectivity index (χ3n) is 1.72. The van der Waals surface area contributed by atoms with Gasteiger partial charge in [-0.3, -0.25) is 0 Å². The predicted molar refractivity (Wildman–Crippen MR) is 53.0 cm³/mol. The van der Waals surface area contributed by atoms with Crippen LogP contribution >= 0.6 is 15.9 Å². The lowest BCUT2D eigenvalue weighted by atomic mass is 10.2. The van der Waals surface area contributed by atoms with E-state index in [4.69, 9.17) is 5.14 Å². The average molecular weight is 301 g/mol. The summed E-state index contributed by atoms with van der Waals surface area (Å²) in [5, 5.41) is 4.83. The lowest BCUT2D eigenvalue weighted by molar-refractivity contribution is 0.149. The second kappa shape index (κ2) is 4.11. The smallest absolute Gasteiger partial charge is 0.244 e. The second-order valence-electron chi connectivity index (χ2n) is 2.80. The molecule has 0 saturated heterocycles. The molecule has 1 aromatic rings. The van der Waals surface area contributed by atoms with Crippen LogP contribution in [0.25, 0.3) is 0 Å². The van der Waals surface area contributed by atoms with E-state index in [9.17, 15) is 17.2 Å². The standard InChI is InChI=1S/C7H7BrF2N2O2S/c1-3-4(7(9)10)2-5(6(8)12-3)15(11,13)14/h2,7H,1H3,(H2,11,13,14). The van der Waals surface area contributed by atoms with Gasteiger partial charge in [0.05, 0.1) is 0 Å². The molecule has 1 aromatic heterocycles. The molecule has 2 N–H and O–H groups in total. The van der Waals surface area contributed by atoms with Crippen molar-refractivity contribution in [3.05, 3.63) is 21.9 Å². The van der Waals surface area contributed by atoms with E-state index in [0.717, 1.165) is 6.07 Å². The largest absolute Gasteiger partial charge is 0.265 e. The molecular formula is C7H7BrF2N2O2S. The number of nitrogens with zero attached hydrogens (tertiary/aromatic N) is 1. The van der Waals surface area contributed by atoms with Gasteiger partial charge in [0.1, 0.15) is 9.50 Å². The zero-order valence-electron chi connectivity index (χ0n) is 7.54. The number of sulfonamides is 1. The van der Waals surface area contributed by atoms with Crippen molar-refractivity contribution in [2.75, 3.05) is 0 Å². The molecule has 1 rings (SSSR count). The number of nitrogens with two attached hydrogens (primary N) is 1. The van der Waals surface area contributed by atoms with Crippen molar-refractivity contribution in [2.45, 2.75) is 18.2 Å². The minimum absolute atomic E-state index is 0.0595. The quantitative estimate of drug-likeness (QED) is 0.846. The van der Waals surface area contributed by atoms with Crippen LogP contribution in [0.5, 0.6) is 0 Å². The van der Waals surface area contributed by atoms with E-state index < -0.39 is 26.9 Å². The summed E-state index contributed by atoms with van der Waals surface area (Å²) in [6, 6.07) is 0.826. The molecule has 0 spiro atoms. The van der Waals surface area contributed by atoms with Gasteiger partial charge in [0, 0.05) is 11.3 Å². The van der Waals surface area contributed by atoms with Gasteiger partial charge in [0.2, 0.25) is 10.0 Å². The van der Waals surface area contributed by atoms with Crippen LogP contribution in [0.1, 0.15) is 17.7 Å². The number of rotatable bonds is 2. The molecule has 0 aliphatic heterocycles. The minimum Gasteiger partial charge on any atom is -0.244 e. The maximum absolute atomic E-state index is 12.4. The van der Waals surface area contributed by atoms with Gasteiger partial charge in [-0.05, 0) is 28.9 Å². The molecule has 0 atom stereocenters. The highest BCUT2D eigenvalue weighted by molar-refractivity contribution is 9.10. The summed E-state index contributed by atoms with van der Waals surface area (Å²) in [5.41, 5.74) is -0.383. The Bertz CT molecular complexity index is 490. The van der Waals surface area contributed by atoms with Gasteiger partial charge < -0.3 is 0 Å². The summed E-state index contributed by atoms with van der Waals surface area (Å²) in [5.74, 6) is 0. The molecule has 0 amide bonds. The molecule has 0 fully saturated rings. The number of primary sulfonamides is 1. The lowest BCUT2D eigenvalue weighted by Crippen LogP contribution is -2.14. The highest BCUT2D eigenvalue weighted by atomic mass is 79.9. The molecule has 15 heavy (non-hydrogen) atoms. The fourth-order valence-electron chi connectivity index (χ4n) is 0.993. The first-order valence-corrected chi connectivity index (χ1v) is 6.05.